The molecule has 4 amide bonds. The Morgan fingerprint density at radius 1 is 1.14 bits per heavy atom. The van der Waals surface area contributed by atoms with Crippen LogP contribution in [-0.4, -0.2) is 71.6 Å². The van der Waals surface area contributed by atoms with Crippen LogP contribution in [0.5, 0.6) is 5.75 Å². The summed E-state index contributed by atoms with van der Waals surface area (Å²) < 4.78 is 10.1. The first-order chi connectivity index (χ1) is 16.7. The quantitative estimate of drug-likeness (QED) is 0.303. The van der Waals surface area contributed by atoms with E-state index in [-0.39, 0.29) is 43.7 Å². The van der Waals surface area contributed by atoms with Gasteiger partial charge in [0.25, 0.3) is 0 Å². The molecule has 12 heteroatoms. The molecule has 0 radical (unpaired) electrons. The molecule has 0 saturated carbocycles. The SMILES string of the molecule is CCOC(=O)CCNC(=O)C(c1cccc(O)c1)N(C)C(=O)C(CCC(N)=O)NC(=O)OC(C)(C)C. The minimum atomic E-state index is -1.23. The fourth-order valence-corrected chi connectivity index (χ4v) is 3.23. The molecule has 0 aromatic heterocycles. The van der Waals surface area contributed by atoms with Gasteiger partial charge in [0, 0.05) is 20.0 Å². The van der Waals surface area contributed by atoms with Crippen molar-refractivity contribution < 1.29 is 38.6 Å². The molecule has 2 atom stereocenters. The Labute approximate surface area is 210 Å². The van der Waals surface area contributed by atoms with Crippen molar-refractivity contribution in [3.05, 3.63) is 29.8 Å². The van der Waals surface area contributed by atoms with E-state index in [1.165, 1.54) is 25.2 Å². The number of rotatable bonds is 12. The van der Waals surface area contributed by atoms with E-state index in [1.807, 2.05) is 0 Å². The zero-order valence-electron chi connectivity index (χ0n) is 21.3. The van der Waals surface area contributed by atoms with Crippen LogP contribution in [0.2, 0.25) is 0 Å². The van der Waals surface area contributed by atoms with E-state index >= 15 is 0 Å². The number of benzene rings is 1. The summed E-state index contributed by atoms with van der Waals surface area (Å²) in [5.41, 5.74) is 4.67. The summed E-state index contributed by atoms with van der Waals surface area (Å²) in [6.45, 7) is 6.77. The number of nitrogens with zero attached hydrogens (tertiary/aromatic N) is 1. The van der Waals surface area contributed by atoms with Gasteiger partial charge in [-0.2, -0.15) is 0 Å². The molecule has 0 fully saturated rings. The second-order valence-corrected chi connectivity index (χ2v) is 9.00. The molecule has 200 valence electrons. The lowest BCUT2D eigenvalue weighted by atomic mass is 10.0. The molecule has 0 saturated heterocycles. The Morgan fingerprint density at radius 2 is 1.81 bits per heavy atom. The molecule has 0 bridgehead atoms. The van der Waals surface area contributed by atoms with Crippen LogP contribution in [0.25, 0.3) is 0 Å². The van der Waals surface area contributed by atoms with E-state index in [0.29, 0.717) is 0 Å². The summed E-state index contributed by atoms with van der Waals surface area (Å²) in [4.78, 5) is 62.9. The van der Waals surface area contributed by atoms with Crippen LogP contribution >= 0.6 is 0 Å². The number of nitrogens with two attached hydrogens (primary N) is 1. The molecule has 0 aliphatic rings. The number of amides is 4. The molecule has 1 aromatic carbocycles. The second-order valence-electron chi connectivity index (χ2n) is 9.00. The molecular formula is C24H36N4O8. The van der Waals surface area contributed by atoms with Gasteiger partial charge in [0.1, 0.15) is 23.4 Å². The molecule has 2 unspecified atom stereocenters. The van der Waals surface area contributed by atoms with Crippen LogP contribution < -0.4 is 16.4 Å². The third-order valence-corrected chi connectivity index (χ3v) is 4.77. The zero-order chi connectivity index (χ0) is 27.5. The van der Waals surface area contributed by atoms with Crippen molar-refractivity contribution in [2.45, 2.75) is 64.6 Å². The first-order valence-electron chi connectivity index (χ1n) is 11.5. The number of esters is 1. The highest BCUT2D eigenvalue weighted by molar-refractivity contribution is 5.92. The molecule has 0 aliphatic carbocycles. The molecular weight excluding hydrogens is 472 g/mol. The number of nitrogens with one attached hydrogen (secondary N) is 2. The molecule has 0 aliphatic heterocycles. The molecule has 12 nitrogen and oxygen atoms in total. The van der Waals surface area contributed by atoms with Gasteiger partial charge in [0.05, 0.1) is 13.0 Å². The first-order valence-corrected chi connectivity index (χ1v) is 11.5. The van der Waals surface area contributed by atoms with Crippen LogP contribution in [-0.2, 0) is 28.7 Å². The summed E-state index contributed by atoms with van der Waals surface area (Å²) in [5, 5.41) is 15.0. The van der Waals surface area contributed by atoms with Crippen molar-refractivity contribution in [1.29, 1.82) is 0 Å². The van der Waals surface area contributed by atoms with Crippen molar-refractivity contribution in [1.82, 2.24) is 15.5 Å². The number of hydrogen-bond donors (Lipinski definition) is 4. The van der Waals surface area contributed by atoms with E-state index in [4.69, 9.17) is 15.2 Å². The number of carbonyl (C=O) groups is 5. The number of likely N-dealkylation sites (N-methyl/N-ethyl adjacent to an activating group) is 1. The van der Waals surface area contributed by atoms with Gasteiger partial charge >= 0.3 is 12.1 Å². The number of phenolic OH excluding ortho intramolecular Hbond substituents is 1. The topological polar surface area (TPSA) is 177 Å². The number of primary amides is 1. The lowest BCUT2D eigenvalue weighted by molar-refractivity contribution is -0.144. The Morgan fingerprint density at radius 3 is 2.36 bits per heavy atom. The average molecular weight is 509 g/mol. The largest absolute Gasteiger partial charge is 0.508 e. The Bertz CT molecular complexity index is 944. The zero-order valence-corrected chi connectivity index (χ0v) is 21.3. The van der Waals surface area contributed by atoms with Crippen LogP contribution in [0.15, 0.2) is 24.3 Å². The summed E-state index contributed by atoms with van der Waals surface area (Å²) in [5.74, 6) is -2.63. The van der Waals surface area contributed by atoms with Gasteiger partial charge in [-0.05, 0) is 51.8 Å². The molecule has 0 heterocycles. The summed E-state index contributed by atoms with van der Waals surface area (Å²) in [6, 6.07) is 3.30. The van der Waals surface area contributed by atoms with Crippen LogP contribution in [0, 0.1) is 0 Å². The van der Waals surface area contributed by atoms with Crippen LogP contribution in [0.1, 0.15) is 58.6 Å². The van der Waals surface area contributed by atoms with Gasteiger partial charge in [-0.25, -0.2) is 4.79 Å². The minimum absolute atomic E-state index is 0.0454. The third-order valence-electron chi connectivity index (χ3n) is 4.77. The lowest BCUT2D eigenvalue weighted by Gasteiger charge is -2.31. The predicted molar refractivity (Wildman–Crippen MR) is 129 cm³/mol. The second kappa shape index (κ2) is 13.9. The van der Waals surface area contributed by atoms with Gasteiger partial charge < -0.3 is 35.8 Å². The maximum Gasteiger partial charge on any atom is 0.408 e. The average Bonchev–Trinajstić information content (AvgIpc) is 2.75. The summed E-state index contributed by atoms with van der Waals surface area (Å²) in [7, 11) is 1.34. The van der Waals surface area contributed by atoms with Crippen LogP contribution in [0.4, 0.5) is 4.79 Å². The van der Waals surface area contributed by atoms with Gasteiger partial charge in [-0.1, -0.05) is 12.1 Å². The standard InChI is InChI=1S/C24H36N4O8/c1-6-35-19(31)12-13-26-21(32)20(15-8-7-9-16(29)14-15)28(5)22(33)17(10-11-18(25)30)27-23(34)36-24(2,3)4/h7-9,14,17,20,29H,6,10-13H2,1-5H3,(H2,25,30)(H,26,32)(H,27,34). The van der Waals surface area contributed by atoms with Crippen molar-refractivity contribution >= 4 is 29.8 Å². The van der Waals surface area contributed by atoms with Crippen LogP contribution in [0.3, 0.4) is 0 Å². The van der Waals surface area contributed by atoms with Crippen molar-refractivity contribution in [3.8, 4) is 5.75 Å². The predicted octanol–water partition coefficient (Wildman–Crippen LogP) is 1.12. The number of hydrogen-bond acceptors (Lipinski definition) is 8. The molecule has 1 rings (SSSR count). The third kappa shape index (κ3) is 10.6. The fraction of sp³-hybridized carbons (Fsp3) is 0.542. The van der Waals surface area contributed by atoms with E-state index in [1.54, 1.807) is 33.8 Å². The fourth-order valence-electron chi connectivity index (χ4n) is 3.23. The van der Waals surface area contributed by atoms with Gasteiger partial charge in [0.2, 0.25) is 17.7 Å². The monoisotopic (exact) mass is 508 g/mol. The maximum absolute atomic E-state index is 13.4. The van der Waals surface area contributed by atoms with E-state index < -0.39 is 47.5 Å². The van der Waals surface area contributed by atoms with Gasteiger partial charge in [-0.15, -0.1) is 0 Å². The van der Waals surface area contributed by atoms with Crippen molar-refractivity contribution in [2.75, 3.05) is 20.2 Å². The highest BCUT2D eigenvalue weighted by Crippen LogP contribution is 2.24. The number of carbonyl (C=O) groups excluding carboxylic acids is 5. The van der Waals surface area contributed by atoms with E-state index in [0.717, 1.165) is 4.90 Å². The molecule has 1 aromatic rings. The lowest BCUT2D eigenvalue weighted by Crippen LogP contribution is -2.52. The Kier molecular flexibility index (Phi) is 11.7. The number of aromatic hydroxyl groups is 1. The smallest absolute Gasteiger partial charge is 0.408 e. The normalized spacial score (nSPS) is 12.6. The molecule has 5 N–H and O–H groups in total. The molecule has 0 spiro atoms. The summed E-state index contributed by atoms with van der Waals surface area (Å²) in [6.07, 6.45) is -1.30. The maximum atomic E-state index is 13.4. The summed E-state index contributed by atoms with van der Waals surface area (Å²) >= 11 is 0. The van der Waals surface area contributed by atoms with E-state index in [2.05, 4.69) is 10.6 Å². The number of alkyl carbamates (subject to hydrolysis) is 1. The Hall–Kier alpha value is -3.83. The van der Waals surface area contributed by atoms with E-state index in [9.17, 15) is 29.1 Å². The van der Waals surface area contributed by atoms with Gasteiger partial charge in [-0.3, -0.25) is 19.2 Å². The highest BCUT2D eigenvalue weighted by atomic mass is 16.6. The van der Waals surface area contributed by atoms with Gasteiger partial charge in [0.15, 0.2) is 0 Å². The van der Waals surface area contributed by atoms with Crippen molar-refractivity contribution in [3.63, 3.8) is 0 Å². The minimum Gasteiger partial charge on any atom is -0.508 e. The first kappa shape index (κ1) is 30.2. The van der Waals surface area contributed by atoms with Crippen molar-refractivity contribution in [2.24, 2.45) is 5.73 Å². The number of phenols is 1. The Balaban J connectivity index is 3.18. The highest BCUT2D eigenvalue weighted by Gasteiger charge is 2.34. The molecule has 36 heavy (non-hydrogen) atoms. The number of ether oxygens (including phenoxy) is 2.